The van der Waals surface area contributed by atoms with Crippen LogP contribution in [0, 0.1) is 0 Å². The van der Waals surface area contributed by atoms with Gasteiger partial charge in [0.2, 0.25) is 21.8 Å². The molecule has 8 nitrogen and oxygen atoms in total. The first-order valence-electron chi connectivity index (χ1n) is 11.3. The average molecular weight is 490 g/mol. The van der Waals surface area contributed by atoms with Crippen LogP contribution in [0.5, 0.6) is 5.75 Å². The van der Waals surface area contributed by atoms with E-state index in [9.17, 15) is 18.0 Å². The Morgan fingerprint density at radius 3 is 2.21 bits per heavy atom. The molecule has 2 aromatic carbocycles. The molecule has 0 unspecified atom stereocenters. The number of hydrogen-bond donors (Lipinski definition) is 1. The van der Waals surface area contributed by atoms with Crippen molar-refractivity contribution in [1.82, 2.24) is 10.2 Å². The molecular formula is C25H35N3O5S. The smallest absolute Gasteiger partial charge is 0.244 e. The second kappa shape index (κ2) is 12.4. The zero-order chi connectivity index (χ0) is 25.3. The van der Waals surface area contributed by atoms with E-state index in [4.69, 9.17) is 4.74 Å². The summed E-state index contributed by atoms with van der Waals surface area (Å²) in [6, 6.07) is 15.5. The number of methoxy groups -OCH3 is 1. The Morgan fingerprint density at radius 1 is 1.03 bits per heavy atom. The molecule has 0 fully saturated rings. The normalized spacial score (nSPS) is 12.2. The van der Waals surface area contributed by atoms with Gasteiger partial charge in [-0.15, -0.1) is 0 Å². The number of carbonyl (C=O) groups is 2. The Balaban J connectivity index is 2.39. The van der Waals surface area contributed by atoms with Crippen LogP contribution in [0.1, 0.15) is 32.8 Å². The van der Waals surface area contributed by atoms with Crippen molar-refractivity contribution in [1.29, 1.82) is 0 Å². The van der Waals surface area contributed by atoms with Crippen molar-refractivity contribution in [3.8, 4) is 5.75 Å². The molecule has 0 bridgehead atoms. The highest BCUT2D eigenvalue weighted by Crippen LogP contribution is 2.29. The molecule has 0 saturated heterocycles. The highest BCUT2D eigenvalue weighted by molar-refractivity contribution is 7.92. The third-order valence-electron chi connectivity index (χ3n) is 5.33. The zero-order valence-corrected chi connectivity index (χ0v) is 21.3. The van der Waals surface area contributed by atoms with E-state index in [-0.39, 0.29) is 24.2 Å². The second-order valence-electron chi connectivity index (χ2n) is 8.35. The van der Waals surface area contributed by atoms with Gasteiger partial charge in [0.1, 0.15) is 18.3 Å². The molecule has 0 aliphatic heterocycles. The summed E-state index contributed by atoms with van der Waals surface area (Å²) in [6.45, 7) is 5.37. The fourth-order valence-electron chi connectivity index (χ4n) is 3.71. The lowest BCUT2D eigenvalue weighted by Gasteiger charge is -2.33. The summed E-state index contributed by atoms with van der Waals surface area (Å²) in [5.41, 5.74) is 1.28. The molecular weight excluding hydrogens is 454 g/mol. The van der Waals surface area contributed by atoms with Gasteiger partial charge in [0.25, 0.3) is 0 Å². The summed E-state index contributed by atoms with van der Waals surface area (Å²) in [5, 5.41) is 2.88. The average Bonchev–Trinajstić information content (AvgIpc) is 2.79. The van der Waals surface area contributed by atoms with Crippen LogP contribution in [-0.2, 0) is 26.0 Å². The van der Waals surface area contributed by atoms with E-state index in [0.29, 0.717) is 18.6 Å². The Labute approximate surface area is 202 Å². The summed E-state index contributed by atoms with van der Waals surface area (Å²) in [5.74, 6) is -0.388. The van der Waals surface area contributed by atoms with E-state index in [2.05, 4.69) is 5.32 Å². The number of amides is 2. The van der Waals surface area contributed by atoms with Gasteiger partial charge >= 0.3 is 0 Å². The number of rotatable bonds is 12. The number of sulfonamides is 1. The molecule has 0 radical (unpaired) electrons. The van der Waals surface area contributed by atoms with E-state index < -0.39 is 28.5 Å². The summed E-state index contributed by atoms with van der Waals surface area (Å²) in [4.78, 5) is 28.0. The standard InChI is InChI=1S/C25H35N3O5S/c1-6-21(25(30)26-19(2)3)27(17-16-20-12-8-7-9-13-20)24(29)18-28(34(5,31)32)22-14-10-11-15-23(22)33-4/h7-15,19,21H,6,16-18H2,1-5H3,(H,26,30)/t21-/m0/s1. The number of carbonyl (C=O) groups excluding carboxylic acids is 2. The minimum atomic E-state index is -3.81. The summed E-state index contributed by atoms with van der Waals surface area (Å²) in [6.07, 6.45) is 1.97. The van der Waals surface area contributed by atoms with E-state index >= 15 is 0 Å². The predicted molar refractivity (Wildman–Crippen MR) is 134 cm³/mol. The third-order valence-corrected chi connectivity index (χ3v) is 6.46. The van der Waals surface area contributed by atoms with Gasteiger partial charge in [-0.3, -0.25) is 13.9 Å². The molecule has 1 atom stereocenters. The van der Waals surface area contributed by atoms with Crippen molar-refractivity contribution in [3.05, 3.63) is 60.2 Å². The lowest BCUT2D eigenvalue weighted by molar-refractivity contribution is -0.139. The number of hydrogen-bond acceptors (Lipinski definition) is 5. The fraction of sp³-hybridized carbons (Fsp3) is 0.440. The topological polar surface area (TPSA) is 96.0 Å². The highest BCUT2D eigenvalue weighted by Gasteiger charge is 2.32. The van der Waals surface area contributed by atoms with Gasteiger partial charge in [-0.25, -0.2) is 8.42 Å². The minimum Gasteiger partial charge on any atom is -0.495 e. The van der Waals surface area contributed by atoms with Crippen molar-refractivity contribution in [2.24, 2.45) is 0 Å². The van der Waals surface area contributed by atoms with Gasteiger partial charge in [0, 0.05) is 12.6 Å². The maximum absolute atomic E-state index is 13.6. The van der Waals surface area contributed by atoms with E-state index in [0.717, 1.165) is 16.1 Å². The Hall–Kier alpha value is -3.07. The number of ether oxygens (including phenoxy) is 1. The molecule has 0 aliphatic carbocycles. The minimum absolute atomic E-state index is 0.0891. The van der Waals surface area contributed by atoms with Crippen LogP contribution in [0.4, 0.5) is 5.69 Å². The molecule has 0 saturated carbocycles. The van der Waals surface area contributed by atoms with E-state index in [1.807, 2.05) is 51.1 Å². The Bertz CT molecular complexity index is 1060. The number of anilines is 1. The summed E-state index contributed by atoms with van der Waals surface area (Å²) in [7, 11) is -2.37. The van der Waals surface area contributed by atoms with Crippen molar-refractivity contribution in [2.45, 2.75) is 45.7 Å². The van der Waals surface area contributed by atoms with Gasteiger partial charge in [0.15, 0.2) is 0 Å². The van der Waals surface area contributed by atoms with Crippen LogP contribution >= 0.6 is 0 Å². The second-order valence-corrected chi connectivity index (χ2v) is 10.3. The molecule has 0 spiro atoms. The first kappa shape index (κ1) is 27.2. The number of nitrogens with zero attached hydrogens (tertiary/aromatic N) is 2. The maximum Gasteiger partial charge on any atom is 0.244 e. The van der Waals surface area contributed by atoms with Crippen molar-refractivity contribution < 1.29 is 22.7 Å². The molecule has 0 aliphatic rings. The Kier molecular flexibility index (Phi) is 9.92. The monoisotopic (exact) mass is 489 g/mol. The van der Waals surface area contributed by atoms with Crippen LogP contribution < -0.4 is 14.4 Å². The largest absolute Gasteiger partial charge is 0.495 e. The van der Waals surface area contributed by atoms with Crippen molar-refractivity contribution >= 4 is 27.5 Å². The van der Waals surface area contributed by atoms with Crippen LogP contribution in [0.15, 0.2) is 54.6 Å². The number of benzene rings is 2. The molecule has 186 valence electrons. The van der Waals surface area contributed by atoms with Gasteiger partial charge in [-0.2, -0.15) is 0 Å². The maximum atomic E-state index is 13.6. The highest BCUT2D eigenvalue weighted by atomic mass is 32.2. The predicted octanol–water partition coefficient (Wildman–Crippen LogP) is 2.84. The molecule has 34 heavy (non-hydrogen) atoms. The van der Waals surface area contributed by atoms with Gasteiger partial charge < -0.3 is 15.0 Å². The van der Waals surface area contributed by atoms with Crippen LogP contribution in [-0.4, -0.2) is 63.7 Å². The zero-order valence-electron chi connectivity index (χ0n) is 20.5. The molecule has 2 rings (SSSR count). The SMILES string of the molecule is CC[C@@H](C(=O)NC(C)C)N(CCc1ccccc1)C(=O)CN(c1ccccc1OC)S(C)(=O)=O. The summed E-state index contributed by atoms with van der Waals surface area (Å²) < 4.78 is 31.7. The first-order chi connectivity index (χ1) is 16.1. The quantitative estimate of drug-likeness (QED) is 0.495. The van der Waals surface area contributed by atoms with Crippen LogP contribution in [0.25, 0.3) is 0 Å². The van der Waals surface area contributed by atoms with E-state index in [1.54, 1.807) is 24.3 Å². The number of para-hydroxylation sites is 2. The number of nitrogens with one attached hydrogen (secondary N) is 1. The van der Waals surface area contributed by atoms with E-state index in [1.165, 1.54) is 12.0 Å². The van der Waals surface area contributed by atoms with Crippen LogP contribution in [0.3, 0.4) is 0 Å². The molecule has 1 N–H and O–H groups in total. The molecule has 0 aromatic heterocycles. The van der Waals surface area contributed by atoms with Crippen LogP contribution in [0.2, 0.25) is 0 Å². The first-order valence-corrected chi connectivity index (χ1v) is 13.2. The molecule has 2 aromatic rings. The molecule has 2 amide bonds. The molecule has 9 heteroatoms. The third kappa shape index (κ3) is 7.48. The lowest BCUT2D eigenvalue weighted by atomic mass is 10.1. The molecule has 0 heterocycles. The Morgan fingerprint density at radius 2 is 1.65 bits per heavy atom. The summed E-state index contributed by atoms with van der Waals surface area (Å²) >= 11 is 0. The van der Waals surface area contributed by atoms with Crippen molar-refractivity contribution in [3.63, 3.8) is 0 Å². The fourth-order valence-corrected chi connectivity index (χ4v) is 4.56. The van der Waals surface area contributed by atoms with Gasteiger partial charge in [-0.05, 0) is 44.4 Å². The van der Waals surface area contributed by atoms with Gasteiger partial charge in [0.05, 0.1) is 19.1 Å². The van der Waals surface area contributed by atoms with Gasteiger partial charge in [-0.1, -0.05) is 49.4 Å². The van der Waals surface area contributed by atoms with Crippen molar-refractivity contribution in [2.75, 3.05) is 30.8 Å². The lowest BCUT2D eigenvalue weighted by Crippen LogP contribution is -2.54.